The average Bonchev–Trinajstić information content (AvgIpc) is 3.16. The summed E-state index contributed by atoms with van der Waals surface area (Å²) >= 11 is 0. The van der Waals surface area contributed by atoms with Gasteiger partial charge in [-0.05, 0) is 18.8 Å². The van der Waals surface area contributed by atoms with E-state index in [9.17, 15) is 36.0 Å². The molecular formula is C44H88Na4O14S2. The Morgan fingerprint density at radius 1 is 0.406 bits per heavy atom. The molecule has 20 heteroatoms. The van der Waals surface area contributed by atoms with E-state index in [1.165, 1.54) is 141 Å². The van der Waals surface area contributed by atoms with Crippen LogP contribution in [0.1, 0.15) is 226 Å². The number of hydrogen-bond donors (Lipinski definition) is 4. The predicted molar refractivity (Wildman–Crippen MR) is 265 cm³/mol. The molecule has 0 saturated heterocycles. The van der Waals surface area contributed by atoms with Crippen LogP contribution in [0.15, 0.2) is 0 Å². The van der Waals surface area contributed by atoms with Gasteiger partial charge in [0, 0.05) is 0 Å². The summed E-state index contributed by atoms with van der Waals surface area (Å²) in [5.74, 6) is -4.57. The number of unbranched alkanes of at least 4 members (excludes halogenated alkanes) is 27. The van der Waals surface area contributed by atoms with Crippen molar-refractivity contribution < 1.29 is 64.8 Å². The second-order valence-electron chi connectivity index (χ2n) is 16.6. The van der Waals surface area contributed by atoms with Crippen molar-refractivity contribution in [2.45, 2.75) is 237 Å². The molecule has 4 N–H and O–H groups in total. The van der Waals surface area contributed by atoms with Crippen LogP contribution in [-0.2, 0) is 48.9 Å². The van der Waals surface area contributed by atoms with Crippen LogP contribution >= 0.6 is 0 Å². The van der Waals surface area contributed by atoms with Crippen LogP contribution in [0.2, 0.25) is 0 Å². The normalized spacial score (nSPS) is 11.9. The van der Waals surface area contributed by atoms with E-state index in [0.29, 0.717) is 12.8 Å². The number of aliphatic carboxylic acids is 2. The molecule has 0 aliphatic rings. The fourth-order valence-electron chi connectivity index (χ4n) is 6.72. The molecule has 14 nitrogen and oxygen atoms in total. The van der Waals surface area contributed by atoms with Gasteiger partial charge in [0.25, 0.3) is 20.2 Å². The number of carbonyl (C=O) groups excluding carboxylic acids is 2. The van der Waals surface area contributed by atoms with E-state index in [4.69, 9.17) is 28.8 Å². The first-order valence-electron chi connectivity index (χ1n) is 23.1. The Bertz CT molecular complexity index is 1320. The summed E-state index contributed by atoms with van der Waals surface area (Å²) in [6, 6.07) is 0. The van der Waals surface area contributed by atoms with Gasteiger partial charge in [0.1, 0.15) is 0 Å². The molecule has 0 aromatic rings. The number of carbonyl (C=O) groups is 4. The van der Waals surface area contributed by atoms with Crippen LogP contribution in [0, 0.1) is 5.92 Å². The van der Waals surface area contributed by atoms with Crippen molar-refractivity contribution in [3.05, 3.63) is 0 Å². The van der Waals surface area contributed by atoms with Crippen molar-refractivity contribution in [1.29, 1.82) is 0 Å². The van der Waals surface area contributed by atoms with E-state index < -0.39 is 67.5 Å². The van der Waals surface area contributed by atoms with E-state index in [2.05, 4.69) is 20.8 Å². The van der Waals surface area contributed by atoms with Crippen LogP contribution in [0.3, 0.4) is 0 Å². The Labute approximate surface area is 477 Å². The molecule has 0 spiro atoms. The van der Waals surface area contributed by atoms with Gasteiger partial charge in [0.15, 0.2) is 10.5 Å². The summed E-state index contributed by atoms with van der Waals surface area (Å²) in [5, 5.41) is 13.1. The molecule has 364 valence electrons. The number of carboxylic acids is 2. The Morgan fingerprint density at radius 3 is 0.828 bits per heavy atom. The Hall–Kier alpha value is 1.70. The molecule has 2 unspecified atom stereocenters. The second-order valence-corrected chi connectivity index (χ2v) is 19.8. The monoisotopic (exact) mass is 997 g/mol. The molecule has 2 atom stereocenters. The summed E-state index contributed by atoms with van der Waals surface area (Å²) in [4.78, 5) is 44.5. The molecule has 0 radical (unpaired) electrons. The van der Waals surface area contributed by atoms with Gasteiger partial charge in [0.05, 0.1) is 26.1 Å². The Morgan fingerprint density at radius 2 is 0.625 bits per heavy atom. The van der Waals surface area contributed by atoms with Crippen LogP contribution in [0.5, 0.6) is 0 Å². The van der Waals surface area contributed by atoms with Crippen molar-refractivity contribution in [2.75, 3.05) is 13.2 Å². The third-order valence-electron chi connectivity index (χ3n) is 10.4. The zero-order valence-corrected chi connectivity index (χ0v) is 39.1. The van der Waals surface area contributed by atoms with Gasteiger partial charge in [-0.15, -0.1) is 0 Å². The summed E-state index contributed by atoms with van der Waals surface area (Å²) in [5.41, 5.74) is 0. The molecule has 0 aromatic heterocycles. The molecule has 0 aliphatic heterocycles. The Kier molecular flexibility index (Phi) is 63.3. The van der Waals surface area contributed by atoms with Crippen molar-refractivity contribution >= 4 is 162 Å². The summed E-state index contributed by atoms with van der Waals surface area (Å²) < 4.78 is 71.8. The minimum atomic E-state index is -4.79. The standard InChI is InChI=1S/2C22H42O7S.4Na.4H/c1-19(2)16-14-12-10-8-6-4-3-5-7-9-11-13-15-17-29-22(25)20(18-21(23)24)30(26,27)28;1-2-3-4-5-6-7-8-9-10-11-12-13-14-15-16-17-18-29-22(25)20(19-21(23)24)30(26,27)28;;;;;;;;/h19-20H,3-18H2,1-2H3,(H,23,24)(H,26,27,28);20H,2-19H2,1H3,(H,23,24)(H,26,27,28);;;;;;;;. The van der Waals surface area contributed by atoms with Gasteiger partial charge in [-0.1, -0.05) is 201 Å². The molecule has 0 heterocycles. The van der Waals surface area contributed by atoms with Crippen molar-refractivity contribution in [3.8, 4) is 0 Å². The number of esters is 2. The maximum atomic E-state index is 11.7. The fourth-order valence-corrected chi connectivity index (χ4v) is 8.05. The van der Waals surface area contributed by atoms with Gasteiger partial charge in [-0.3, -0.25) is 28.3 Å². The molecule has 64 heavy (non-hydrogen) atoms. The first-order chi connectivity index (χ1) is 28.4. The Balaban J connectivity index is -0.000000247. The first-order valence-corrected chi connectivity index (χ1v) is 26.1. The number of carboxylic acid groups (broad SMARTS) is 2. The van der Waals surface area contributed by atoms with Crippen LogP contribution < -0.4 is 0 Å². The van der Waals surface area contributed by atoms with Crippen molar-refractivity contribution in [2.24, 2.45) is 5.92 Å². The van der Waals surface area contributed by atoms with E-state index in [0.717, 1.165) is 44.4 Å². The summed E-state index contributed by atoms with van der Waals surface area (Å²) in [7, 11) is -9.58. The molecule has 0 aromatic carbocycles. The predicted octanol–water partition coefficient (Wildman–Crippen LogP) is 8.31. The van der Waals surface area contributed by atoms with Crippen molar-refractivity contribution in [3.63, 3.8) is 0 Å². The molecule has 0 fully saturated rings. The number of hydrogen-bond acceptors (Lipinski definition) is 10. The topological polar surface area (TPSA) is 236 Å². The van der Waals surface area contributed by atoms with E-state index in [1.807, 2.05) is 0 Å². The number of ether oxygens (including phenoxy) is 2. The quantitative estimate of drug-likeness (QED) is 0.0195. The average molecular weight is 997 g/mol. The molecule has 0 saturated carbocycles. The third-order valence-corrected chi connectivity index (χ3v) is 12.5. The SMILES string of the molecule is CC(C)CCCCCCCCCCCCCCCOC(=O)C(CC(=O)O)S(=O)(=O)O.CCCCCCCCCCCCCCCCCCOC(=O)C(CC(=O)O)S(=O)(=O)O.[NaH].[NaH].[NaH].[NaH]. The molecule has 0 rings (SSSR count). The maximum absolute atomic E-state index is 11.7. The van der Waals surface area contributed by atoms with E-state index >= 15 is 0 Å². The number of rotatable bonds is 41. The molecular weight excluding hydrogens is 909 g/mol. The minimum absolute atomic E-state index is 0. The van der Waals surface area contributed by atoms with Gasteiger partial charge in [-0.25, -0.2) is 0 Å². The van der Waals surface area contributed by atoms with E-state index in [-0.39, 0.29) is 131 Å². The van der Waals surface area contributed by atoms with Crippen LogP contribution in [0.4, 0.5) is 0 Å². The van der Waals surface area contributed by atoms with Gasteiger partial charge in [0.2, 0.25) is 0 Å². The van der Waals surface area contributed by atoms with Crippen molar-refractivity contribution in [1.82, 2.24) is 0 Å². The third kappa shape index (κ3) is 54.6. The molecule has 0 bridgehead atoms. The van der Waals surface area contributed by atoms with Crippen LogP contribution in [-0.4, -0.2) is 202 Å². The zero-order chi connectivity index (χ0) is 45.5. The fraction of sp³-hybridized carbons (Fsp3) is 0.909. The summed E-state index contributed by atoms with van der Waals surface area (Å²) in [6.45, 7) is 6.86. The first kappa shape index (κ1) is 77.2. The van der Waals surface area contributed by atoms with E-state index in [1.54, 1.807) is 0 Å². The summed E-state index contributed by atoms with van der Waals surface area (Å²) in [6.07, 6.45) is 34.3. The van der Waals surface area contributed by atoms with Gasteiger partial charge in [-0.2, -0.15) is 16.8 Å². The second kappa shape index (κ2) is 52.5. The van der Waals surface area contributed by atoms with Gasteiger partial charge < -0.3 is 19.7 Å². The molecule has 0 aliphatic carbocycles. The van der Waals surface area contributed by atoms with Crippen LogP contribution in [0.25, 0.3) is 0 Å². The zero-order valence-electron chi connectivity index (χ0n) is 37.5. The molecule has 0 amide bonds. The van der Waals surface area contributed by atoms with Gasteiger partial charge >= 0.3 is 142 Å².